The molecule has 1 aromatic carbocycles. The molecule has 0 aliphatic heterocycles. The summed E-state index contributed by atoms with van der Waals surface area (Å²) in [6.07, 6.45) is 1.73. The van der Waals surface area contributed by atoms with Crippen LogP contribution in [0.15, 0.2) is 36.5 Å². The van der Waals surface area contributed by atoms with Gasteiger partial charge in [-0.2, -0.15) is 5.10 Å². The molecule has 1 heterocycles. The summed E-state index contributed by atoms with van der Waals surface area (Å²) in [4.78, 5) is 0. The molecular weight excluding hydrogens is 248 g/mol. The molecule has 0 fully saturated rings. The zero-order chi connectivity index (χ0) is 13.0. The van der Waals surface area contributed by atoms with Crippen molar-refractivity contribution < 1.29 is 4.74 Å². The van der Waals surface area contributed by atoms with Gasteiger partial charge >= 0.3 is 0 Å². The van der Waals surface area contributed by atoms with Gasteiger partial charge in [0.2, 0.25) is 0 Å². The van der Waals surface area contributed by atoms with Crippen LogP contribution in [0.2, 0.25) is 0 Å². The first-order valence-electron chi connectivity index (χ1n) is 5.42. The van der Waals surface area contributed by atoms with Gasteiger partial charge < -0.3 is 15.8 Å². The summed E-state index contributed by atoms with van der Waals surface area (Å²) in [6, 6.07) is 9.40. The molecule has 94 valence electrons. The standard InChI is InChI=1S/C12H14N4OS/c1-16-9(6-7-14-16)8-17-11-5-3-2-4-10(11)15-12(13)18/h2-7H,8H2,1H3,(H3,13,15,18). The summed E-state index contributed by atoms with van der Waals surface area (Å²) in [5.74, 6) is 0.700. The normalized spacial score (nSPS) is 10.1. The second-order valence-corrected chi connectivity index (χ2v) is 4.16. The number of thiocarbonyl (C=S) groups is 1. The quantitative estimate of drug-likeness (QED) is 0.820. The highest BCUT2D eigenvalue weighted by Gasteiger charge is 2.05. The summed E-state index contributed by atoms with van der Waals surface area (Å²) in [7, 11) is 1.87. The third kappa shape index (κ3) is 2.98. The predicted octanol–water partition coefficient (Wildman–Crippen LogP) is 1.65. The van der Waals surface area contributed by atoms with Crippen LogP contribution in [0.1, 0.15) is 5.69 Å². The fourth-order valence-electron chi connectivity index (χ4n) is 1.52. The van der Waals surface area contributed by atoms with E-state index >= 15 is 0 Å². The van der Waals surface area contributed by atoms with Crippen LogP contribution in [0.4, 0.5) is 5.69 Å². The average Bonchev–Trinajstić information content (AvgIpc) is 2.73. The number of nitrogens with two attached hydrogens (primary N) is 1. The molecule has 0 spiro atoms. The van der Waals surface area contributed by atoms with Gasteiger partial charge in [0, 0.05) is 13.2 Å². The van der Waals surface area contributed by atoms with Gasteiger partial charge in [-0.05, 0) is 30.4 Å². The van der Waals surface area contributed by atoms with E-state index in [-0.39, 0.29) is 5.11 Å². The van der Waals surface area contributed by atoms with E-state index in [1.165, 1.54) is 0 Å². The summed E-state index contributed by atoms with van der Waals surface area (Å²) >= 11 is 4.82. The maximum absolute atomic E-state index is 5.72. The van der Waals surface area contributed by atoms with Crippen molar-refractivity contribution in [2.45, 2.75) is 6.61 Å². The third-order valence-corrected chi connectivity index (χ3v) is 2.54. The van der Waals surface area contributed by atoms with Gasteiger partial charge in [0.25, 0.3) is 0 Å². The van der Waals surface area contributed by atoms with Gasteiger partial charge in [0.15, 0.2) is 5.11 Å². The number of aryl methyl sites for hydroxylation is 1. The highest BCUT2D eigenvalue weighted by molar-refractivity contribution is 7.80. The van der Waals surface area contributed by atoms with E-state index in [1.54, 1.807) is 10.9 Å². The first kappa shape index (κ1) is 12.4. The van der Waals surface area contributed by atoms with Crippen molar-refractivity contribution in [1.82, 2.24) is 9.78 Å². The van der Waals surface area contributed by atoms with Crippen molar-refractivity contribution in [3.63, 3.8) is 0 Å². The van der Waals surface area contributed by atoms with Crippen LogP contribution < -0.4 is 15.8 Å². The number of rotatable bonds is 4. The number of benzene rings is 1. The molecule has 0 atom stereocenters. The van der Waals surface area contributed by atoms with Gasteiger partial charge in [-0.15, -0.1) is 0 Å². The van der Waals surface area contributed by atoms with Crippen LogP contribution in [0.5, 0.6) is 5.75 Å². The van der Waals surface area contributed by atoms with Crippen LogP contribution in [0.3, 0.4) is 0 Å². The molecule has 2 rings (SSSR count). The van der Waals surface area contributed by atoms with Gasteiger partial charge in [0.1, 0.15) is 12.4 Å². The SMILES string of the molecule is Cn1nccc1COc1ccccc1NC(N)=S. The number of anilines is 1. The van der Waals surface area contributed by atoms with E-state index in [0.29, 0.717) is 12.4 Å². The van der Waals surface area contributed by atoms with E-state index < -0.39 is 0 Å². The monoisotopic (exact) mass is 262 g/mol. The number of ether oxygens (including phenoxy) is 1. The molecule has 0 radical (unpaired) electrons. The van der Waals surface area contributed by atoms with Gasteiger partial charge in [-0.1, -0.05) is 12.1 Å². The maximum atomic E-state index is 5.72. The Labute approximate surface area is 111 Å². The molecule has 0 amide bonds. The summed E-state index contributed by atoms with van der Waals surface area (Å²) in [5, 5.41) is 7.17. The molecule has 18 heavy (non-hydrogen) atoms. The Balaban J connectivity index is 2.09. The molecule has 0 saturated heterocycles. The fraction of sp³-hybridized carbons (Fsp3) is 0.167. The van der Waals surface area contributed by atoms with Crippen LogP contribution in [0.25, 0.3) is 0 Å². The zero-order valence-corrected chi connectivity index (χ0v) is 10.8. The van der Waals surface area contributed by atoms with Crippen LogP contribution in [0, 0.1) is 0 Å². The second kappa shape index (κ2) is 5.50. The zero-order valence-electron chi connectivity index (χ0n) is 9.96. The number of nitrogens with one attached hydrogen (secondary N) is 1. The van der Waals surface area contributed by atoms with Crippen molar-refractivity contribution >= 4 is 23.0 Å². The summed E-state index contributed by atoms with van der Waals surface area (Å²) in [5.41, 5.74) is 7.20. The molecule has 0 aliphatic carbocycles. The lowest BCUT2D eigenvalue weighted by atomic mass is 10.3. The number of para-hydroxylation sites is 2. The highest BCUT2D eigenvalue weighted by Crippen LogP contribution is 2.24. The largest absolute Gasteiger partial charge is 0.485 e. The number of hydrogen-bond acceptors (Lipinski definition) is 3. The molecule has 6 heteroatoms. The molecule has 0 aliphatic rings. The Morgan fingerprint density at radius 3 is 2.89 bits per heavy atom. The van der Waals surface area contributed by atoms with Gasteiger partial charge in [-0.25, -0.2) is 0 Å². The van der Waals surface area contributed by atoms with Crippen molar-refractivity contribution in [3.8, 4) is 5.75 Å². The molecule has 2 aromatic rings. The van der Waals surface area contributed by atoms with Crippen molar-refractivity contribution in [3.05, 3.63) is 42.2 Å². The molecule has 1 aromatic heterocycles. The van der Waals surface area contributed by atoms with Gasteiger partial charge in [-0.3, -0.25) is 4.68 Å². The first-order valence-corrected chi connectivity index (χ1v) is 5.83. The Bertz CT molecular complexity index is 553. The Kier molecular flexibility index (Phi) is 3.78. The fourth-order valence-corrected chi connectivity index (χ4v) is 1.63. The first-order chi connectivity index (χ1) is 8.66. The van der Waals surface area contributed by atoms with Crippen LogP contribution in [-0.2, 0) is 13.7 Å². The Morgan fingerprint density at radius 2 is 2.22 bits per heavy atom. The lowest BCUT2D eigenvalue weighted by Crippen LogP contribution is -2.19. The molecule has 5 nitrogen and oxygen atoms in total. The van der Waals surface area contributed by atoms with Crippen LogP contribution in [-0.4, -0.2) is 14.9 Å². The van der Waals surface area contributed by atoms with Crippen molar-refractivity contribution in [2.24, 2.45) is 12.8 Å². The van der Waals surface area contributed by atoms with Crippen molar-refractivity contribution in [2.75, 3.05) is 5.32 Å². The minimum atomic E-state index is 0.214. The minimum absolute atomic E-state index is 0.214. The van der Waals surface area contributed by atoms with E-state index in [4.69, 9.17) is 22.7 Å². The topological polar surface area (TPSA) is 65.1 Å². The third-order valence-electron chi connectivity index (χ3n) is 2.44. The molecular formula is C12H14N4OS. The Hall–Kier alpha value is -2.08. The summed E-state index contributed by atoms with van der Waals surface area (Å²) < 4.78 is 7.49. The molecule has 0 saturated carbocycles. The molecule has 0 unspecified atom stereocenters. The lowest BCUT2D eigenvalue weighted by molar-refractivity contribution is 0.296. The smallest absolute Gasteiger partial charge is 0.168 e. The predicted molar refractivity (Wildman–Crippen MR) is 74.4 cm³/mol. The molecule has 3 N–H and O–H groups in total. The molecule has 0 bridgehead atoms. The number of nitrogens with zero attached hydrogens (tertiary/aromatic N) is 2. The van der Waals surface area contributed by atoms with E-state index in [9.17, 15) is 0 Å². The van der Waals surface area contributed by atoms with Gasteiger partial charge in [0.05, 0.1) is 11.4 Å². The van der Waals surface area contributed by atoms with Crippen LogP contribution >= 0.6 is 12.2 Å². The Morgan fingerprint density at radius 1 is 1.44 bits per heavy atom. The number of aromatic nitrogens is 2. The second-order valence-electron chi connectivity index (χ2n) is 3.72. The van der Waals surface area contributed by atoms with E-state index in [1.807, 2.05) is 37.4 Å². The maximum Gasteiger partial charge on any atom is 0.168 e. The highest BCUT2D eigenvalue weighted by atomic mass is 32.1. The summed E-state index contributed by atoms with van der Waals surface area (Å²) in [6.45, 7) is 0.437. The minimum Gasteiger partial charge on any atom is -0.485 e. The number of hydrogen-bond donors (Lipinski definition) is 2. The average molecular weight is 262 g/mol. The van der Waals surface area contributed by atoms with E-state index in [0.717, 1.165) is 11.4 Å². The van der Waals surface area contributed by atoms with E-state index in [2.05, 4.69) is 10.4 Å². The van der Waals surface area contributed by atoms with Crippen molar-refractivity contribution in [1.29, 1.82) is 0 Å². The lowest BCUT2D eigenvalue weighted by Gasteiger charge is -2.12.